The van der Waals surface area contributed by atoms with Gasteiger partial charge in [-0.2, -0.15) is 0 Å². The van der Waals surface area contributed by atoms with Crippen molar-refractivity contribution in [1.29, 1.82) is 0 Å². The molecule has 0 radical (unpaired) electrons. The van der Waals surface area contributed by atoms with E-state index in [1.165, 1.54) is 0 Å². The molecule has 0 aliphatic rings. The summed E-state index contributed by atoms with van der Waals surface area (Å²) in [7, 11) is 0. The Morgan fingerprint density at radius 3 is 2.60 bits per heavy atom. The van der Waals surface area contributed by atoms with Crippen LogP contribution in [0.5, 0.6) is 0 Å². The summed E-state index contributed by atoms with van der Waals surface area (Å²) < 4.78 is 4.40. The fourth-order valence-corrected chi connectivity index (χ4v) is 0.307. The van der Waals surface area contributed by atoms with Crippen molar-refractivity contribution in [1.82, 2.24) is 0 Å². The zero-order chi connectivity index (χ0) is 7.28. The van der Waals surface area contributed by atoms with Gasteiger partial charge in [0, 0.05) is 0 Å². The van der Waals surface area contributed by atoms with Gasteiger partial charge in [0.05, 0.1) is 6.61 Å². The second-order valence-corrected chi connectivity index (χ2v) is 1.60. The molecule has 0 heterocycles. The van der Waals surface area contributed by atoms with Crippen molar-refractivity contribution in [2.45, 2.75) is 6.92 Å². The van der Waals surface area contributed by atoms with Crippen molar-refractivity contribution in [2.75, 3.05) is 6.61 Å². The Morgan fingerprint density at radius 1 is 1.80 bits per heavy atom. The molecule has 5 heteroatoms. The number of ether oxygens (including phenoxy) is 1. The molecule has 0 saturated heterocycles. The number of rotatable bonds is 2. The third-order valence-corrected chi connectivity index (χ3v) is 0.836. The van der Waals surface area contributed by atoms with Crippen LogP contribution in [0, 0.1) is 0 Å². The van der Waals surface area contributed by atoms with E-state index >= 15 is 0 Å². The Bertz CT molecular complexity index is 135. The van der Waals surface area contributed by atoms with Crippen LogP contribution in [0.15, 0.2) is 11.3 Å². The topological polar surface area (TPSA) is 46.5 Å². The van der Waals surface area contributed by atoms with Crippen LogP contribution in [0.2, 0.25) is 0 Å². The predicted octanol–water partition coefficient (Wildman–Crippen LogP) is 0.539. The van der Waals surface area contributed by atoms with Crippen molar-refractivity contribution in [3.63, 3.8) is 0 Å². The summed E-state index contributed by atoms with van der Waals surface area (Å²) in [4.78, 5) is 10.4. The molecule has 0 aliphatic heterocycles. The van der Waals surface area contributed by atoms with E-state index in [1.54, 1.807) is 6.92 Å². The van der Waals surface area contributed by atoms with Gasteiger partial charge in [-0.05, 0) is 6.92 Å². The Hall–Kier alpha value is 0.936. The molecule has 0 fully saturated rings. The molecule has 0 aromatic carbocycles. The normalized spacial score (nSPS) is 10.0. The van der Waals surface area contributed by atoms with Gasteiger partial charge in [-0.15, -0.1) is 0 Å². The molecule has 0 aromatic heterocycles. The van der Waals surface area contributed by atoms with Gasteiger partial charge < -0.3 is 9.84 Å². The van der Waals surface area contributed by atoms with Crippen LogP contribution < -0.4 is 0 Å². The van der Waals surface area contributed by atoms with Crippen molar-refractivity contribution in [3.8, 4) is 0 Å². The number of hydrogen-bond acceptors (Lipinski definition) is 3. The minimum absolute atomic E-state index is 0. The molecule has 0 amide bonds. The summed E-state index contributed by atoms with van der Waals surface area (Å²) in [6.07, 6.45) is 0.500. The number of carbonyl (C=O) groups excluding carboxylic acids is 1. The molecule has 0 aliphatic carbocycles. The van der Waals surface area contributed by atoms with E-state index < -0.39 is 5.97 Å². The number of halogens is 1. The zero-order valence-corrected chi connectivity index (χ0v) is 5.68. The predicted molar refractivity (Wildman–Crippen MR) is 40.3 cm³/mol. The average Bonchev–Trinajstić information content (AvgIpc) is 1.87. The fraction of sp³-hybridized carbons (Fsp3) is 0.400. The van der Waals surface area contributed by atoms with Crippen molar-refractivity contribution < 1.29 is 14.6 Å². The van der Waals surface area contributed by atoms with Crippen LogP contribution in [0.25, 0.3) is 0 Å². The van der Waals surface area contributed by atoms with E-state index in [0.717, 1.165) is 0 Å². The maximum atomic E-state index is 10.4. The van der Waals surface area contributed by atoms with Gasteiger partial charge in [-0.3, -0.25) is 0 Å². The minimum atomic E-state index is -0.707. The Morgan fingerprint density at radius 2 is 2.30 bits per heavy atom. The number of hydrogen-bond donors (Lipinski definition) is 1. The Labute approximate surface area is 107 Å². The van der Waals surface area contributed by atoms with E-state index in [2.05, 4.69) is 4.74 Å². The molecule has 1 N–H and O–H groups in total. The third kappa shape index (κ3) is 5.70. The quantitative estimate of drug-likeness (QED) is 0.299. The van der Waals surface area contributed by atoms with Crippen LogP contribution in [0.4, 0.5) is 0 Å². The summed E-state index contributed by atoms with van der Waals surface area (Å²) >= 11 is 5.13. The summed E-state index contributed by atoms with van der Waals surface area (Å²) in [6, 6.07) is 0. The molecule has 0 bridgehead atoms. The van der Waals surface area contributed by atoms with Crippen LogP contribution in [-0.4, -0.2) is 69.1 Å². The summed E-state index contributed by atoms with van der Waals surface area (Å²) in [5, 5.41) is 7.83. The van der Waals surface area contributed by atoms with Crippen molar-refractivity contribution >= 4 is 69.0 Å². The van der Waals surface area contributed by atoms with Crippen molar-refractivity contribution in [2.24, 2.45) is 0 Å². The molecular weight excluding hydrogens is 183 g/mol. The van der Waals surface area contributed by atoms with E-state index in [-0.39, 0.29) is 63.0 Å². The summed E-state index contributed by atoms with van der Waals surface area (Å²) in [5.41, 5.74) is 0. The molecule has 0 unspecified atom stereocenters. The monoisotopic (exact) mass is 190 g/mol. The zero-order valence-electron chi connectivity index (χ0n) is 4.93. The summed E-state index contributed by atoms with van der Waals surface area (Å²) in [5.74, 6) is -0.707. The van der Waals surface area contributed by atoms with Gasteiger partial charge in [-0.1, -0.05) is 11.6 Å². The van der Waals surface area contributed by atoms with Gasteiger partial charge in [0.1, 0.15) is 6.26 Å². The van der Waals surface area contributed by atoms with E-state index in [4.69, 9.17) is 16.7 Å². The van der Waals surface area contributed by atoms with Crippen LogP contribution in [0.1, 0.15) is 6.92 Å². The Kier molecular flexibility index (Phi) is 10.9. The second-order valence-electron chi connectivity index (χ2n) is 1.20. The molecule has 0 spiro atoms. The SMILES string of the molecule is CCOC(=O)C(Cl)=CO.[KH]. The standard InChI is InChI=1S/C5H7ClO3.K.H/c1-2-9-5(8)4(6)3-7;;/h3,7H,2H2,1H3;;. The van der Waals surface area contributed by atoms with E-state index in [0.29, 0.717) is 6.26 Å². The van der Waals surface area contributed by atoms with Crippen LogP contribution >= 0.6 is 11.6 Å². The van der Waals surface area contributed by atoms with Gasteiger partial charge in [0.2, 0.25) is 0 Å². The van der Waals surface area contributed by atoms with E-state index in [9.17, 15) is 4.79 Å². The van der Waals surface area contributed by atoms with Gasteiger partial charge >= 0.3 is 57.4 Å². The maximum absolute atomic E-state index is 10.4. The molecule has 0 atom stereocenters. The van der Waals surface area contributed by atoms with E-state index in [1.807, 2.05) is 0 Å². The number of carbonyl (C=O) groups is 1. The Balaban J connectivity index is 0. The average molecular weight is 191 g/mol. The van der Waals surface area contributed by atoms with Crippen molar-refractivity contribution in [3.05, 3.63) is 11.3 Å². The van der Waals surface area contributed by atoms with Gasteiger partial charge in [0.25, 0.3) is 0 Å². The molecule has 0 saturated carbocycles. The first-order valence-electron chi connectivity index (χ1n) is 2.39. The molecular formula is C5H8ClKO3. The molecule has 54 valence electrons. The first-order valence-corrected chi connectivity index (χ1v) is 2.77. The molecule has 3 nitrogen and oxygen atoms in total. The van der Waals surface area contributed by atoms with Gasteiger partial charge in [-0.25, -0.2) is 4.79 Å². The number of aliphatic hydroxyl groups is 1. The summed E-state index contributed by atoms with van der Waals surface area (Å²) in [6.45, 7) is 1.91. The molecule has 10 heavy (non-hydrogen) atoms. The fourth-order valence-electron chi connectivity index (χ4n) is 0.253. The third-order valence-electron chi connectivity index (χ3n) is 0.584. The molecule has 0 rings (SSSR count). The van der Waals surface area contributed by atoms with Crippen LogP contribution in [-0.2, 0) is 9.53 Å². The first-order chi connectivity index (χ1) is 4.22. The second kappa shape index (κ2) is 8.04. The number of esters is 1. The van der Waals surface area contributed by atoms with Crippen LogP contribution in [0.3, 0.4) is 0 Å². The first kappa shape index (κ1) is 13.5. The van der Waals surface area contributed by atoms with Gasteiger partial charge in [0.15, 0.2) is 5.03 Å². The number of aliphatic hydroxyl groups excluding tert-OH is 1. The molecule has 0 aromatic rings.